The van der Waals surface area contributed by atoms with E-state index in [1.165, 1.54) is 39.8 Å². The average Bonchev–Trinajstić information content (AvgIpc) is 3.07. The van der Waals surface area contributed by atoms with E-state index in [0.29, 0.717) is 0 Å². The molecule has 0 amide bonds. The number of esters is 2. The lowest BCUT2D eigenvalue weighted by molar-refractivity contribution is -0.345. The first-order chi connectivity index (χ1) is 25.3. The summed E-state index contributed by atoms with van der Waals surface area (Å²) in [5.41, 5.74) is -8.26. The summed E-state index contributed by atoms with van der Waals surface area (Å²) in [5, 5.41) is 24.8. The van der Waals surface area contributed by atoms with Crippen LogP contribution in [-0.4, -0.2) is 103 Å². The molecule has 14 nitrogen and oxygen atoms in total. The molecule has 0 radical (unpaired) electrons. The molecule has 0 spiro atoms. The normalized spacial score (nSPS) is 34.0. The third kappa shape index (κ3) is 8.22. The largest absolute Gasteiger partial charge is 0.514 e. The molecule has 3 aliphatic carbocycles. The predicted molar refractivity (Wildman–Crippen MR) is 196 cm³/mol. The highest BCUT2D eigenvalue weighted by Crippen LogP contribution is 2.65. The molecule has 4 aliphatic rings. The fraction of sp³-hybridized carbons (Fsp3) is 0.629. The summed E-state index contributed by atoms with van der Waals surface area (Å²) in [4.78, 5) is 69.2. The highest BCUT2D eigenvalue weighted by Gasteiger charge is 2.78. The van der Waals surface area contributed by atoms with Crippen LogP contribution in [0.3, 0.4) is 0 Å². The van der Waals surface area contributed by atoms with Crippen LogP contribution < -0.4 is 0 Å². The highest BCUT2D eigenvalue weighted by molar-refractivity contribution is 6.68. The Morgan fingerprint density at radius 2 is 1.51 bits per heavy atom. The average molecular weight is 895 g/mol. The second-order valence-electron chi connectivity index (χ2n) is 14.7. The number of hydrogen-bond donors (Lipinski definition) is 2. The van der Waals surface area contributed by atoms with Crippen LogP contribution in [0.15, 0.2) is 41.7 Å². The van der Waals surface area contributed by atoms with Gasteiger partial charge in [0.1, 0.15) is 37.1 Å². The molecule has 9 atom stereocenters. The van der Waals surface area contributed by atoms with Gasteiger partial charge in [-0.2, -0.15) is 0 Å². The van der Waals surface area contributed by atoms with Crippen molar-refractivity contribution in [2.75, 3.05) is 19.8 Å². The van der Waals surface area contributed by atoms with E-state index in [4.69, 9.17) is 103 Å². The zero-order valence-electron chi connectivity index (χ0n) is 29.9. The zero-order valence-corrected chi connectivity index (χ0v) is 34.5. The van der Waals surface area contributed by atoms with Crippen molar-refractivity contribution >= 4 is 99.6 Å². The number of halogens is 6. The Balaban J connectivity index is 1.82. The number of carbonyl (C=O) groups is 5. The predicted octanol–water partition coefficient (Wildman–Crippen LogP) is 6.35. The molecule has 1 aromatic rings. The van der Waals surface area contributed by atoms with Gasteiger partial charge < -0.3 is 43.4 Å². The Labute approximate surface area is 345 Å². The van der Waals surface area contributed by atoms with E-state index in [1.807, 2.05) is 0 Å². The maximum absolute atomic E-state index is 15.6. The number of allylic oxidation sites excluding steroid dienone is 1. The summed E-state index contributed by atoms with van der Waals surface area (Å²) in [7, 11) is 0. The van der Waals surface area contributed by atoms with Crippen LogP contribution in [0.4, 0.5) is 9.59 Å². The van der Waals surface area contributed by atoms with Crippen molar-refractivity contribution in [3.05, 3.63) is 47.2 Å². The first-order valence-electron chi connectivity index (χ1n) is 16.9. The van der Waals surface area contributed by atoms with Crippen LogP contribution in [0.5, 0.6) is 0 Å². The maximum atomic E-state index is 15.6. The number of rotatable bonds is 7. The Bertz CT molecular complexity index is 1740. The number of hydrogen-bond acceptors (Lipinski definition) is 14. The molecule has 1 saturated heterocycles. The Morgan fingerprint density at radius 1 is 0.927 bits per heavy atom. The van der Waals surface area contributed by atoms with Gasteiger partial charge >= 0.3 is 24.2 Å². The van der Waals surface area contributed by atoms with Crippen molar-refractivity contribution in [3.8, 4) is 0 Å². The lowest BCUT2D eigenvalue weighted by Crippen LogP contribution is -2.81. The van der Waals surface area contributed by atoms with Crippen LogP contribution in [-0.2, 0) is 42.7 Å². The molecule has 304 valence electrons. The van der Waals surface area contributed by atoms with E-state index in [-0.39, 0.29) is 24.2 Å². The third-order valence-electron chi connectivity index (χ3n) is 11.1. The Kier molecular flexibility index (Phi) is 12.3. The minimum Gasteiger partial charge on any atom is -0.455 e. The molecule has 1 aromatic carbocycles. The van der Waals surface area contributed by atoms with Gasteiger partial charge in [-0.1, -0.05) is 109 Å². The molecular weight excluding hydrogens is 857 g/mol. The van der Waals surface area contributed by atoms with Crippen molar-refractivity contribution in [3.63, 3.8) is 0 Å². The first-order valence-corrected chi connectivity index (χ1v) is 19.1. The minimum absolute atomic E-state index is 0.0436. The second-order valence-corrected chi connectivity index (χ2v) is 19.8. The van der Waals surface area contributed by atoms with E-state index in [2.05, 4.69) is 0 Å². The number of benzene rings is 1. The topological polar surface area (TPSA) is 190 Å². The van der Waals surface area contributed by atoms with E-state index >= 15 is 4.79 Å². The van der Waals surface area contributed by atoms with Gasteiger partial charge in [-0.15, -0.1) is 0 Å². The highest BCUT2D eigenvalue weighted by atomic mass is 35.6. The summed E-state index contributed by atoms with van der Waals surface area (Å²) in [5.74, 6) is -6.30. The Morgan fingerprint density at radius 3 is 2.04 bits per heavy atom. The van der Waals surface area contributed by atoms with Gasteiger partial charge in [0.05, 0.1) is 29.6 Å². The zero-order chi connectivity index (χ0) is 41.1. The molecule has 1 heterocycles. The van der Waals surface area contributed by atoms with Gasteiger partial charge in [-0.25, -0.2) is 14.4 Å². The van der Waals surface area contributed by atoms with Crippen molar-refractivity contribution in [1.82, 2.24) is 0 Å². The minimum atomic E-state index is -2.37. The van der Waals surface area contributed by atoms with Crippen LogP contribution >= 0.6 is 69.6 Å². The number of fused-ring (bicyclic) bond motifs is 5. The van der Waals surface area contributed by atoms with Crippen LogP contribution in [0.25, 0.3) is 0 Å². The fourth-order valence-corrected chi connectivity index (χ4v) is 8.77. The second kappa shape index (κ2) is 15.5. The molecule has 5 rings (SSSR count). The molecule has 3 fully saturated rings. The molecule has 2 N–H and O–H groups in total. The van der Waals surface area contributed by atoms with E-state index < -0.39 is 121 Å². The summed E-state index contributed by atoms with van der Waals surface area (Å²) in [6.07, 6.45) is -9.86. The smallest absolute Gasteiger partial charge is 0.455 e. The van der Waals surface area contributed by atoms with Crippen LogP contribution in [0, 0.1) is 22.7 Å². The summed E-state index contributed by atoms with van der Waals surface area (Å²) >= 11 is 34.7. The lowest BCUT2D eigenvalue weighted by atomic mass is 9.45. The van der Waals surface area contributed by atoms with Gasteiger partial charge in [-0.3, -0.25) is 9.59 Å². The number of alkyl halides is 6. The molecular formula is C35H38Cl6O14. The Hall–Kier alpha value is -2.27. The number of carbonyl (C=O) groups excluding carboxylic acids is 5. The molecule has 2 bridgehead atoms. The van der Waals surface area contributed by atoms with Crippen molar-refractivity contribution in [1.29, 1.82) is 0 Å². The molecule has 2 saturated carbocycles. The van der Waals surface area contributed by atoms with Crippen LogP contribution in [0.2, 0.25) is 0 Å². The maximum Gasteiger partial charge on any atom is 0.514 e. The summed E-state index contributed by atoms with van der Waals surface area (Å²) in [6, 6.07) is 7.71. The van der Waals surface area contributed by atoms with Gasteiger partial charge in [-0.05, 0) is 24.6 Å². The standard InChI is InChI=1S/C35H38Cl6O14/c1-16-19(43)12-33(48)26(54-27(45)18-9-7-6-8-10-18)24-31(5,25(44)23(22(16)30(33,3)4)53-29(47)51-15-35(39,40)41)20(52-28(46)50-14-34(36,37)38)11-21-32(24,13-49-21)55-17(2)42/h6-10,16,19-21,24,26,43,48H,11-15H2,1-5H3/t16?,19?,20-,21?,24?,26-,31+,32-,33+/m0/s1. The monoisotopic (exact) mass is 892 g/mol. The summed E-state index contributed by atoms with van der Waals surface area (Å²) < 4.78 is 35.5. The number of ether oxygens (including phenoxy) is 7. The third-order valence-corrected chi connectivity index (χ3v) is 11.7. The van der Waals surface area contributed by atoms with E-state index in [9.17, 15) is 29.4 Å². The number of ketones is 1. The van der Waals surface area contributed by atoms with E-state index in [0.717, 1.165) is 6.92 Å². The SMILES string of the molecule is CC(=O)O[C@@]12COC1C[C@H](OC(=O)OCC(Cl)(Cl)Cl)[C@@]1(C)C(=O)C(OC(=O)OCC(Cl)(Cl)Cl)=C3C(C)C(O)C[C@@](O)([C@@H](OC(=O)c4ccccc4)C21)C3(C)C. The first kappa shape index (κ1) is 43.8. The van der Waals surface area contributed by atoms with Gasteiger partial charge in [0, 0.05) is 31.1 Å². The van der Waals surface area contributed by atoms with E-state index in [1.54, 1.807) is 18.2 Å². The van der Waals surface area contributed by atoms with Crippen molar-refractivity contribution < 1.29 is 67.3 Å². The number of aliphatic hydroxyl groups excluding tert-OH is 1. The quantitative estimate of drug-likeness (QED) is 0.175. The van der Waals surface area contributed by atoms with Gasteiger partial charge in [0.2, 0.25) is 13.4 Å². The molecule has 0 aromatic heterocycles. The molecule has 55 heavy (non-hydrogen) atoms. The molecule has 1 aliphatic heterocycles. The fourth-order valence-electron chi connectivity index (χ4n) is 8.44. The van der Waals surface area contributed by atoms with Crippen molar-refractivity contribution in [2.24, 2.45) is 22.7 Å². The molecule has 20 heteroatoms. The number of Topliss-reactive ketones (excluding diaryl/α,β-unsaturated/α-hetero) is 1. The van der Waals surface area contributed by atoms with Gasteiger partial charge in [0.15, 0.2) is 11.4 Å². The summed E-state index contributed by atoms with van der Waals surface area (Å²) in [6.45, 7) is 4.94. The lowest BCUT2D eigenvalue weighted by Gasteiger charge is -2.67. The molecule has 4 unspecified atom stereocenters. The van der Waals surface area contributed by atoms with Crippen molar-refractivity contribution in [2.45, 2.75) is 90.7 Å². The number of aliphatic hydroxyl groups is 2. The van der Waals surface area contributed by atoms with Crippen LogP contribution in [0.1, 0.15) is 57.8 Å². The van der Waals surface area contributed by atoms with Gasteiger partial charge in [0.25, 0.3) is 0 Å².